The van der Waals surface area contributed by atoms with Crippen molar-refractivity contribution in [1.82, 2.24) is 0 Å². The average Bonchev–Trinajstić information content (AvgIpc) is 2.84. The minimum atomic E-state index is -1.08. The molecule has 0 aromatic carbocycles. The van der Waals surface area contributed by atoms with Gasteiger partial charge in [0.25, 0.3) is 0 Å². The highest BCUT2D eigenvalue weighted by Crippen LogP contribution is 2.27. The van der Waals surface area contributed by atoms with Gasteiger partial charge in [0.05, 0.1) is 6.10 Å². The Kier molecular flexibility index (Phi) is 9.68. The Balaban J connectivity index is 1.58. The maximum atomic E-state index is 13.0. The molecular weight excluding hydrogens is 484 g/mol. The number of aliphatic hydroxyl groups is 1. The van der Waals surface area contributed by atoms with E-state index in [1.807, 2.05) is 13.0 Å². The topological polar surface area (TPSA) is 138 Å². The predicted octanol–water partition coefficient (Wildman–Crippen LogP) is 2.19. The number of esters is 2. The number of carbonyl (C=O) groups excluding carboxylic acids is 2. The number of hydrogen-bond acceptors (Lipinski definition) is 9. The molecule has 3 rings (SSSR count). The lowest BCUT2D eigenvalue weighted by Gasteiger charge is -2.35. The molecule has 0 radical (unpaired) electrons. The quantitative estimate of drug-likeness (QED) is 0.360. The van der Waals surface area contributed by atoms with E-state index in [0.717, 1.165) is 0 Å². The molecule has 0 unspecified atom stereocenters. The van der Waals surface area contributed by atoms with Gasteiger partial charge in [-0.3, -0.25) is 0 Å². The normalized spacial score (nSPS) is 37.9. The molecule has 0 amide bonds. The van der Waals surface area contributed by atoms with Crippen LogP contribution in [0.15, 0.2) is 36.5 Å². The minimum absolute atomic E-state index is 0.235. The van der Waals surface area contributed by atoms with Crippen molar-refractivity contribution >= 4 is 17.9 Å². The third-order valence-corrected chi connectivity index (χ3v) is 6.87. The second kappa shape index (κ2) is 12.3. The smallest absolute Gasteiger partial charge is 0.336 e. The summed E-state index contributed by atoms with van der Waals surface area (Å²) in [6.45, 7) is 10.2. The van der Waals surface area contributed by atoms with Crippen LogP contribution < -0.4 is 0 Å². The van der Waals surface area contributed by atoms with Gasteiger partial charge in [-0.05, 0) is 20.8 Å². The van der Waals surface area contributed by atoms with E-state index in [9.17, 15) is 24.6 Å². The van der Waals surface area contributed by atoms with Gasteiger partial charge < -0.3 is 33.9 Å². The van der Waals surface area contributed by atoms with Crippen LogP contribution in [-0.4, -0.2) is 83.1 Å². The Labute approximate surface area is 217 Å². The highest BCUT2D eigenvalue weighted by molar-refractivity contribution is 5.77. The molecule has 0 spiro atoms. The summed E-state index contributed by atoms with van der Waals surface area (Å²) >= 11 is 0. The van der Waals surface area contributed by atoms with Gasteiger partial charge >= 0.3 is 17.9 Å². The summed E-state index contributed by atoms with van der Waals surface area (Å²) in [7, 11) is 0. The summed E-state index contributed by atoms with van der Waals surface area (Å²) in [5.74, 6) is -3.11. The highest BCUT2D eigenvalue weighted by atomic mass is 16.6. The van der Waals surface area contributed by atoms with Crippen molar-refractivity contribution in [3.63, 3.8) is 0 Å². The van der Waals surface area contributed by atoms with Gasteiger partial charge in [-0.25, -0.2) is 14.4 Å². The van der Waals surface area contributed by atoms with Crippen molar-refractivity contribution in [3.8, 4) is 0 Å². The lowest BCUT2D eigenvalue weighted by atomic mass is 9.97. The summed E-state index contributed by atoms with van der Waals surface area (Å²) in [4.78, 5) is 37.3. The first-order valence-corrected chi connectivity index (χ1v) is 12.7. The van der Waals surface area contributed by atoms with Crippen molar-refractivity contribution in [3.05, 3.63) is 36.5 Å². The number of ether oxygens (including phenoxy) is 5. The molecule has 10 nitrogen and oxygen atoms in total. The number of rotatable bonds is 8. The monoisotopic (exact) mass is 522 g/mol. The van der Waals surface area contributed by atoms with Crippen LogP contribution >= 0.6 is 0 Å². The molecule has 2 N–H and O–H groups in total. The fourth-order valence-corrected chi connectivity index (χ4v) is 4.44. The van der Waals surface area contributed by atoms with Crippen LogP contribution in [0.5, 0.6) is 0 Å². The van der Waals surface area contributed by atoms with E-state index in [2.05, 4.69) is 0 Å². The van der Waals surface area contributed by atoms with Crippen molar-refractivity contribution in [2.45, 2.75) is 96.5 Å². The van der Waals surface area contributed by atoms with Gasteiger partial charge in [-0.2, -0.15) is 0 Å². The van der Waals surface area contributed by atoms with Gasteiger partial charge in [-0.15, -0.1) is 0 Å². The van der Waals surface area contributed by atoms with Gasteiger partial charge in [-0.1, -0.05) is 57.2 Å². The minimum Gasteiger partial charge on any atom is -0.479 e. The van der Waals surface area contributed by atoms with Gasteiger partial charge in [0.2, 0.25) is 0 Å². The summed E-state index contributed by atoms with van der Waals surface area (Å²) < 4.78 is 28.5. The molecule has 0 saturated carbocycles. The first-order chi connectivity index (χ1) is 17.4. The molecule has 0 fully saturated rings. The zero-order valence-corrected chi connectivity index (χ0v) is 22.1. The van der Waals surface area contributed by atoms with E-state index in [-0.39, 0.29) is 17.8 Å². The predicted molar refractivity (Wildman–Crippen MR) is 131 cm³/mol. The molecule has 0 aromatic heterocycles. The van der Waals surface area contributed by atoms with Crippen molar-refractivity contribution in [1.29, 1.82) is 0 Å². The number of aliphatic carboxylic acids is 1. The average molecular weight is 523 g/mol. The van der Waals surface area contributed by atoms with Crippen LogP contribution in [-0.2, 0) is 38.1 Å². The molecule has 3 aliphatic rings. The fraction of sp³-hybridized carbons (Fsp3) is 0.667. The lowest BCUT2D eigenvalue weighted by molar-refractivity contribution is -0.188. The van der Waals surface area contributed by atoms with Crippen LogP contribution in [0.4, 0.5) is 0 Å². The van der Waals surface area contributed by atoms with E-state index in [1.165, 1.54) is 0 Å². The van der Waals surface area contributed by atoms with Crippen molar-refractivity contribution in [2.24, 2.45) is 17.8 Å². The first-order valence-electron chi connectivity index (χ1n) is 12.7. The number of hydrogen-bond donors (Lipinski definition) is 2. The number of carboxylic acids is 1. The molecule has 3 aliphatic heterocycles. The standard InChI is InChI=1S/C27H38O10/c1-13-8-11-20(36-22(13)25(29)30)17(5)33-27(32)24-15(3)9-12-21(37-24)18(6)34-26(31)23-14(2)7-10-19(35-23)16(4)28/h7-24,28H,1-6H3,(H,29,30)/t13-,14-,15-,16-,17-,18-,19-,20-,21-,22+,23+,24+/m0/s1. The number of carboxylic acid groups (broad SMARTS) is 1. The third kappa shape index (κ3) is 7.07. The second-order valence-electron chi connectivity index (χ2n) is 10.2. The Hall–Kier alpha value is -2.53. The molecule has 0 saturated heterocycles. The fourth-order valence-electron chi connectivity index (χ4n) is 4.44. The van der Waals surface area contributed by atoms with Crippen LogP contribution in [0.1, 0.15) is 41.5 Å². The Morgan fingerprint density at radius 2 is 1.00 bits per heavy atom. The Morgan fingerprint density at radius 3 is 1.41 bits per heavy atom. The summed E-state index contributed by atoms with van der Waals surface area (Å²) in [5.41, 5.74) is 0. The first kappa shape index (κ1) is 29.0. The maximum Gasteiger partial charge on any atom is 0.336 e. The van der Waals surface area contributed by atoms with Crippen LogP contribution in [0, 0.1) is 17.8 Å². The number of carbonyl (C=O) groups is 3. The highest BCUT2D eigenvalue weighted by Gasteiger charge is 2.40. The molecule has 37 heavy (non-hydrogen) atoms. The largest absolute Gasteiger partial charge is 0.479 e. The summed E-state index contributed by atoms with van der Waals surface area (Å²) in [6, 6.07) is 0. The van der Waals surface area contributed by atoms with E-state index in [1.54, 1.807) is 65.0 Å². The van der Waals surface area contributed by atoms with Crippen LogP contribution in [0.3, 0.4) is 0 Å². The van der Waals surface area contributed by atoms with E-state index in [4.69, 9.17) is 23.7 Å². The lowest BCUT2D eigenvalue weighted by Crippen LogP contribution is -2.47. The SMILES string of the molecule is C[C@H](O)[C@@H]1C=C[C@H](C)[C@H](C(=O)O[C@@H](C)[C@@H]2C=C[C@H](C)[C@H](C(=O)O[C@@H](C)[C@@H]3C=C[C@H](C)[C@H](C(=O)O)O3)O2)O1. The molecular formula is C27H38O10. The van der Waals surface area contributed by atoms with Crippen molar-refractivity contribution < 1.29 is 48.3 Å². The summed E-state index contributed by atoms with van der Waals surface area (Å²) in [6.07, 6.45) is 3.43. The van der Waals surface area contributed by atoms with E-state index >= 15 is 0 Å². The third-order valence-electron chi connectivity index (χ3n) is 6.87. The zero-order chi connectivity index (χ0) is 27.4. The van der Waals surface area contributed by atoms with Crippen LogP contribution in [0.25, 0.3) is 0 Å². The second-order valence-corrected chi connectivity index (χ2v) is 10.2. The van der Waals surface area contributed by atoms with E-state index < -0.39 is 72.8 Å². The van der Waals surface area contributed by atoms with Crippen molar-refractivity contribution in [2.75, 3.05) is 0 Å². The molecule has 10 heteroatoms. The van der Waals surface area contributed by atoms with Gasteiger partial charge in [0.1, 0.15) is 30.5 Å². The molecule has 206 valence electrons. The van der Waals surface area contributed by atoms with Crippen LogP contribution in [0.2, 0.25) is 0 Å². The Bertz CT molecular complexity index is 924. The van der Waals surface area contributed by atoms with Gasteiger partial charge in [0.15, 0.2) is 18.3 Å². The summed E-state index contributed by atoms with van der Waals surface area (Å²) in [5, 5.41) is 19.2. The van der Waals surface area contributed by atoms with E-state index in [0.29, 0.717) is 0 Å². The maximum absolute atomic E-state index is 13.0. The molecule has 0 bridgehead atoms. The van der Waals surface area contributed by atoms with Gasteiger partial charge in [0, 0.05) is 17.8 Å². The molecule has 3 heterocycles. The number of aliphatic hydroxyl groups excluding tert-OH is 1. The molecule has 0 aromatic rings. The molecule has 0 aliphatic carbocycles. The zero-order valence-electron chi connectivity index (χ0n) is 22.1. The molecule has 12 atom stereocenters. The Morgan fingerprint density at radius 1 is 0.649 bits per heavy atom.